The van der Waals surface area contributed by atoms with E-state index in [-0.39, 0.29) is 0 Å². The standard InChI is InChI=1S/C45H94NO3P/c1-4-7-9-11-13-15-17-19-21-23-25-27-29-31-33-35-37-39-41-43-46(50(47,48)49-45-6-3)44-42-40-38-36-34-32-30-28-26-24-22-20-18-16-14-12-10-8-5-2/h4-45H2,1-3H3,(H,47,48). The lowest BCUT2D eigenvalue weighted by molar-refractivity contribution is 0.197. The summed E-state index contributed by atoms with van der Waals surface area (Å²) in [4.78, 5) is 10.7. The van der Waals surface area contributed by atoms with Crippen LogP contribution in [0, 0.1) is 0 Å². The maximum Gasteiger partial charge on any atom is 0.405 e. The van der Waals surface area contributed by atoms with Crippen LogP contribution in [0.1, 0.15) is 271 Å². The molecule has 0 amide bonds. The molecular formula is C45H94NO3P. The van der Waals surface area contributed by atoms with Crippen LogP contribution < -0.4 is 0 Å². The zero-order valence-electron chi connectivity index (χ0n) is 34.9. The minimum Gasteiger partial charge on any atom is -0.312 e. The van der Waals surface area contributed by atoms with E-state index in [0.717, 1.165) is 32.1 Å². The Labute approximate surface area is 316 Å². The van der Waals surface area contributed by atoms with E-state index in [4.69, 9.17) is 4.52 Å². The molecule has 0 saturated carbocycles. The van der Waals surface area contributed by atoms with Crippen molar-refractivity contribution in [3.05, 3.63) is 0 Å². The average molecular weight is 728 g/mol. The third kappa shape index (κ3) is 37.9. The highest BCUT2D eigenvalue weighted by Crippen LogP contribution is 2.46. The number of hydrogen-bond acceptors (Lipinski definition) is 2. The molecule has 1 N–H and O–H groups in total. The summed E-state index contributed by atoms with van der Waals surface area (Å²) >= 11 is 0. The minimum atomic E-state index is -3.67. The SMILES string of the molecule is CCCCCCCCCCCCCCCCCCCCCN(CCCCCCCCCCCCCCCCCCCCC)P(=O)(O)OCCC. The Bertz CT molecular complexity index is 633. The van der Waals surface area contributed by atoms with Crippen LogP contribution in [-0.2, 0) is 9.09 Å². The smallest absolute Gasteiger partial charge is 0.312 e. The van der Waals surface area contributed by atoms with Crippen molar-refractivity contribution in [3.63, 3.8) is 0 Å². The van der Waals surface area contributed by atoms with Crippen LogP contribution >= 0.6 is 7.75 Å². The lowest BCUT2D eigenvalue weighted by Gasteiger charge is -2.26. The summed E-state index contributed by atoms with van der Waals surface area (Å²) in [6.45, 7) is 8.33. The van der Waals surface area contributed by atoms with Gasteiger partial charge in [-0.05, 0) is 19.3 Å². The molecule has 0 aliphatic heterocycles. The zero-order valence-corrected chi connectivity index (χ0v) is 35.8. The predicted molar refractivity (Wildman–Crippen MR) is 224 cm³/mol. The van der Waals surface area contributed by atoms with Gasteiger partial charge in [0, 0.05) is 13.1 Å². The summed E-state index contributed by atoms with van der Waals surface area (Å²) in [5.41, 5.74) is 0. The topological polar surface area (TPSA) is 49.8 Å². The van der Waals surface area contributed by atoms with Gasteiger partial charge in [0.15, 0.2) is 0 Å². The predicted octanol–water partition coefficient (Wildman–Crippen LogP) is 16.7. The van der Waals surface area contributed by atoms with Crippen LogP contribution in [0.4, 0.5) is 0 Å². The number of nitrogens with zero attached hydrogens (tertiary/aromatic N) is 1. The summed E-state index contributed by atoms with van der Waals surface area (Å²) in [5, 5.41) is 0. The number of unbranched alkanes of at least 4 members (excludes halogenated alkanes) is 36. The van der Waals surface area contributed by atoms with Crippen LogP contribution in [-0.4, -0.2) is 29.3 Å². The first kappa shape index (κ1) is 50.1. The fourth-order valence-electron chi connectivity index (χ4n) is 7.40. The Kier molecular flexibility index (Phi) is 42.0. The van der Waals surface area contributed by atoms with E-state index in [1.54, 1.807) is 4.67 Å². The molecule has 0 aliphatic carbocycles. The van der Waals surface area contributed by atoms with Crippen LogP contribution in [0.2, 0.25) is 0 Å². The Hall–Kier alpha value is 0.110. The molecule has 0 spiro atoms. The molecular weight excluding hydrogens is 633 g/mol. The van der Waals surface area contributed by atoms with E-state index in [2.05, 4.69) is 13.8 Å². The Morgan fingerprint density at radius 3 is 0.740 bits per heavy atom. The van der Waals surface area contributed by atoms with Crippen LogP contribution in [0.15, 0.2) is 0 Å². The van der Waals surface area contributed by atoms with Crippen LogP contribution in [0.25, 0.3) is 0 Å². The Balaban J connectivity index is 3.72. The molecule has 0 heterocycles. The van der Waals surface area contributed by atoms with Gasteiger partial charge in [-0.15, -0.1) is 0 Å². The summed E-state index contributed by atoms with van der Waals surface area (Å²) < 4.78 is 20.2. The molecule has 4 nitrogen and oxygen atoms in total. The van der Waals surface area contributed by atoms with Crippen molar-refractivity contribution >= 4 is 7.75 Å². The van der Waals surface area contributed by atoms with E-state index >= 15 is 0 Å². The molecule has 50 heavy (non-hydrogen) atoms. The van der Waals surface area contributed by atoms with Gasteiger partial charge >= 0.3 is 7.75 Å². The van der Waals surface area contributed by atoms with Gasteiger partial charge in [-0.2, -0.15) is 0 Å². The van der Waals surface area contributed by atoms with Gasteiger partial charge in [0.2, 0.25) is 0 Å². The molecule has 1 atom stereocenters. The molecule has 5 heteroatoms. The summed E-state index contributed by atoms with van der Waals surface area (Å²) in [7, 11) is -3.67. The molecule has 0 radical (unpaired) electrons. The highest BCUT2D eigenvalue weighted by molar-refractivity contribution is 7.50. The van der Waals surface area contributed by atoms with Crippen LogP contribution in [0.3, 0.4) is 0 Å². The van der Waals surface area contributed by atoms with Crippen molar-refractivity contribution in [1.82, 2.24) is 4.67 Å². The summed E-state index contributed by atoms with van der Waals surface area (Å²) in [6, 6.07) is 0. The third-order valence-electron chi connectivity index (χ3n) is 10.9. The van der Waals surface area contributed by atoms with Crippen molar-refractivity contribution in [3.8, 4) is 0 Å². The minimum absolute atomic E-state index is 0.364. The van der Waals surface area contributed by atoms with E-state index < -0.39 is 7.75 Å². The van der Waals surface area contributed by atoms with Crippen molar-refractivity contribution in [2.45, 2.75) is 271 Å². The maximum atomic E-state index is 13.0. The second-order valence-electron chi connectivity index (χ2n) is 16.0. The van der Waals surface area contributed by atoms with Crippen molar-refractivity contribution < 1.29 is 14.0 Å². The molecule has 0 fully saturated rings. The van der Waals surface area contributed by atoms with Crippen molar-refractivity contribution in [2.75, 3.05) is 19.7 Å². The quantitative estimate of drug-likeness (QED) is 0.0501. The van der Waals surface area contributed by atoms with E-state index in [9.17, 15) is 9.46 Å². The van der Waals surface area contributed by atoms with Crippen molar-refractivity contribution in [1.29, 1.82) is 0 Å². The van der Waals surface area contributed by atoms with Gasteiger partial charge < -0.3 is 4.89 Å². The number of hydrogen-bond donors (Lipinski definition) is 1. The zero-order chi connectivity index (χ0) is 36.5. The molecule has 1 unspecified atom stereocenters. The first-order valence-corrected chi connectivity index (χ1v) is 24.8. The van der Waals surface area contributed by atoms with Crippen molar-refractivity contribution in [2.24, 2.45) is 0 Å². The van der Waals surface area contributed by atoms with E-state index in [1.165, 1.54) is 218 Å². The molecule has 0 bridgehead atoms. The monoisotopic (exact) mass is 728 g/mol. The lowest BCUT2D eigenvalue weighted by Crippen LogP contribution is -2.24. The second kappa shape index (κ2) is 41.9. The summed E-state index contributed by atoms with van der Waals surface area (Å²) in [5.74, 6) is 0. The first-order valence-electron chi connectivity index (χ1n) is 23.3. The largest absolute Gasteiger partial charge is 0.405 e. The maximum absolute atomic E-state index is 13.0. The Morgan fingerprint density at radius 1 is 0.340 bits per heavy atom. The van der Waals surface area contributed by atoms with Crippen LogP contribution in [0.5, 0.6) is 0 Å². The van der Waals surface area contributed by atoms with E-state index in [1.807, 2.05) is 6.92 Å². The third-order valence-corrected chi connectivity index (χ3v) is 12.5. The Morgan fingerprint density at radius 2 is 0.540 bits per heavy atom. The van der Waals surface area contributed by atoms with Gasteiger partial charge in [0.25, 0.3) is 0 Å². The second-order valence-corrected chi connectivity index (χ2v) is 17.8. The molecule has 0 aromatic carbocycles. The molecule has 0 aromatic heterocycles. The van der Waals surface area contributed by atoms with E-state index in [0.29, 0.717) is 19.7 Å². The van der Waals surface area contributed by atoms with Gasteiger partial charge in [-0.1, -0.05) is 252 Å². The normalized spacial score (nSPS) is 13.1. The summed E-state index contributed by atoms with van der Waals surface area (Å²) in [6.07, 6.45) is 52.8. The van der Waals surface area contributed by atoms with Gasteiger partial charge in [0.05, 0.1) is 6.61 Å². The average Bonchev–Trinajstić information content (AvgIpc) is 3.11. The molecule has 0 saturated heterocycles. The highest BCUT2D eigenvalue weighted by atomic mass is 31.2. The lowest BCUT2D eigenvalue weighted by atomic mass is 10.0. The molecule has 0 aliphatic rings. The first-order chi connectivity index (χ1) is 24.6. The highest BCUT2D eigenvalue weighted by Gasteiger charge is 2.28. The molecule has 0 rings (SSSR count). The number of rotatable bonds is 44. The van der Waals surface area contributed by atoms with Gasteiger partial charge in [-0.3, -0.25) is 4.52 Å². The molecule has 302 valence electrons. The van der Waals surface area contributed by atoms with Gasteiger partial charge in [-0.25, -0.2) is 9.24 Å². The molecule has 0 aromatic rings. The fourth-order valence-corrected chi connectivity index (χ4v) is 8.77. The fraction of sp³-hybridized carbons (Fsp3) is 1.00. The van der Waals surface area contributed by atoms with Gasteiger partial charge in [0.1, 0.15) is 0 Å².